The van der Waals surface area contributed by atoms with Crippen LogP contribution in [0.15, 0.2) is 63.3 Å². The number of benzene rings is 2. The fraction of sp³-hybridized carbons (Fsp3) is 0.444. The van der Waals surface area contributed by atoms with Crippen LogP contribution in [0.5, 0.6) is 0 Å². The number of amidine groups is 1. The summed E-state index contributed by atoms with van der Waals surface area (Å²) >= 11 is 1.78. The first kappa shape index (κ1) is 23.9. The minimum Gasteiger partial charge on any atom is -0.354 e. The van der Waals surface area contributed by atoms with Crippen molar-refractivity contribution in [2.45, 2.75) is 48.4 Å². The van der Waals surface area contributed by atoms with E-state index in [0.717, 1.165) is 50.7 Å². The van der Waals surface area contributed by atoms with Crippen molar-refractivity contribution >= 4 is 35.2 Å². The van der Waals surface area contributed by atoms with Gasteiger partial charge in [0, 0.05) is 48.1 Å². The Morgan fingerprint density at radius 2 is 1.60 bits per heavy atom. The molecule has 0 saturated carbocycles. The highest BCUT2D eigenvalue weighted by molar-refractivity contribution is 7.99. The fourth-order valence-corrected chi connectivity index (χ4v) is 6.17. The van der Waals surface area contributed by atoms with Crippen molar-refractivity contribution in [2.75, 3.05) is 39.3 Å². The maximum atomic E-state index is 12.8. The molecule has 0 aliphatic carbocycles. The van der Waals surface area contributed by atoms with Crippen LogP contribution in [0, 0.1) is 0 Å². The second kappa shape index (κ2) is 10.0. The van der Waals surface area contributed by atoms with Gasteiger partial charge in [-0.25, -0.2) is 9.79 Å². The molecule has 0 aromatic heterocycles. The van der Waals surface area contributed by atoms with Gasteiger partial charge in [-0.2, -0.15) is 0 Å². The van der Waals surface area contributed by atoms with Crippen LogP contribution in [0.2, 0.25) is 0 Å². The zero-order valence-corrected chi connectivity index (χ0v) is 21.3. The minimum absolute atomic E-state index is 0.0690. The number of nitrogens with zero attached hydrogens (tertiary/aromatic N) is 4. The Kier molecular flexibility index (Phi) is 6.84. The van der Waals surface area contributed by atoms with Crippen molar-refractivity contribution < 1.29 is 9.59 Å². The minimum atomic E-state index is -0.713. The Morgan fingerprint density at radius 3 is 2.31 bits per heavy atom. The molecule has 2 fully saturated rings. The number of fused-ring (bicyclic) bond motifs is 2. The van der Waals surface area contributed by atoms with Gasteiger partial charge in [0.05, 0.1) is 5.69 Å². The van der Waals surface area contributed by atoms with Gasteiger partial charge < -0.3 is 10.2 Å². The van der Waals surface area contributed by atoms with Crippen LogP contribution in [0.25, 0.3) is 0 Å². The Labute approximate surface area is 211 Å². The summed E-state index contributed by atoms with van der Waals surface area (Å²) in [4.78, 5) is 39.0. The summed E-state index contributed by atoms with van der Waals surface area (Å²) in [6.07, 6.45) is 2.04. The van der Waals surface area contributed by atoms with E-state index >= 15 is 0 Å². The number of hydrogen-bond acceptors (Lipinski definition) is 6. The lowest BCUT2D eigenvalue weighted by Crippen LogP contribution is -2.49. The van der Waals surface area contributed by atoms with Gasteiger partial charge in [-0.1, -0.05) is 55.9 Å². The molecule has 3 heterocycles. The lowest BCUT2D eigenvalue weighted by atomic mass is 9.93. The number of nitrogens with one attached hydrogen (secondary N) is 1. The Bertz CT molecular complexity index is 1140. The summed E-state index contributed by atoms with van der Waals surface area (Å²) in [5, 5.41) is 2.92. The van der Waals surface area contributed by atoms with E-state index in [1.165, 1.54) is 20.3 Å². The molecule has 3 aliphatic rings. The van der Waals surface area contributed by atoms with Gasteiger partial charge in [-0.3, -0.25) is 14.6 Å². The predicted molar refractivity (Wildman–Crippen MR) is 139 cm³/mol. The molecule has 7 nitrogen and oxygen atoms in total. The van der Waals surface area contributed by atoms with E-state index in [4.69, 9.17) is 4.99 Å². The molecular formula is C27H33N5O2S. The van der Waals surface area contributed by atoms with Crippen molar-refractivity contribution in [2.24, 2.45) is 4.99 Å². The number of carbonyl (C=O) groups is 2. The lowest BCUT2D eigenvalue weighted by molar-refractivity contribution is -0.131. The number of carbonyl (C=O) groups excluding carboxylic acids is 2. The highest BCUT2D eigenvalue weighted by Gasteiger charge is 2.48. The fourth-order valence-electron chi connectivity index (χ4n) is 5.15. The number of imide groups is 1. The molecule has 0 unspecified atom stereocenters. The molecule has 0 bridgehead atoms. The molecule has 8 heteroatoms. The highest BCUT2D eigenvalue weighted by Crippen LogP contribution is 2.40. The third-order valence-electron chi connectivity index (χ3n) is 7.42. The van der Waals surface area contributed by atoms with E-state index in [1.54, 1.807) is 11.8 Å². The average molecular weight is 492 g/mol. The van der Waals surface area contributed by atoms with Gasteiger partial charge in [-0.15, -0.1) is 0 Å². The van der Waals surface area contributed by atoms with Crippen LogP contribution in [0.3, 0.4) is 0 Å². The number of aliphatic imine (C=N–C) groups is 1. The van der Waals surface area contributed by atoms with E-state index in [-0.39, 0.29) is 11.9 Å². The van der Waals surface area contributed by atoms with Crippen LogP contribution in [0.1, 0.15) is 38.7 Å². The third-order valence-corrected chi connectivity index (χ3v) is 8.56. The molecule has 3 aliphatic heterocycles. The van der Waals surface area contributed by atoms with Crippen molar-refractivity contribution in [3.8, 4) is 0 Å². The summed E-state index contributed by atoms with van der Waals surface area (Å²) in [6, 6.07) is 16.6. The normalized spacial score (nSPS) is 19.7. The predicted octanol–water partition coefficient (Wildman–Crippen LogP) is 4.35. The zero-order chi connectivity index (χ0) is 24.4. The van der Waals surface area contributed by atoms with Gasteiger partial charge in [0.15, 0.2) is 0 Å². The molecular weight excluding hydrogens is 458 g/mol. The van der Waals surface area contributed by atoms with Crippen molar-refractivity contribution in [1.29, 1.82) is 0 Å². The molecule has 184 valence electrons. The Morgan fingerprint density at radius 1 is 0.914 bits per heavy atom. The standard InChI is InChI=1S/C27H33N5O2S/c1-3-27(4-2)25(33)32(26(34)29-27)15-9-14-30-16-18-31(19-17-30)24-20-10-5-7-12-22(20)35-23-13-8-6-11-21(23)28-24/h5-8,10-13H,3-4,9,14-19H2,1-2H3,(H,29,34). The highest BCUT2D eigenvalue weighted by atomic mass is 32.2. The summed E-state index contributed by atoms with van der Waals surface area (Å²) in [5.74, 6) is 0.980. The number of rotatable bonds is 6. The third kappa shape index (κ3) is 4.57. The Balaban J connectivity index is 1.20. The van der Waals surface area contributed by atoms with E-state index in [2.05, 4.69) is 57.6 Å². The van der Waals surface area contributed by atoms with Crippen LogP contribution in [0.4, 0.5) is 10.5 Å². The SMILES string of the molecule is CCC1(CC)NC(=O)N(CCCN2CCN(C3=Nc4ccccc4Sc4ccccc43)CC2)C1=O. The largest absolute Gasteiger partial charge is 0.354 e. The summed E-state index contributed by atoms with van der Waals surface area (Å²) in [7, 11) is 0. The van der Waals surface area contributed by atoms with Crippen LogP contribution in [-0.4, -0.2) is 77.3 Å². The maximum Gasteiger partial charge on any atom is 0.325 e. The van der Waals surface area contributed by atoms with Gasteiger partial charge in [0.25, 0.3) is 5.91 Å². The molecule has 2 aromatic carbocycles. The Hall–Kier alpha value is -2.84. The zero-order valence-electron chi connectivity index (χ0n) is 20.5. The van der Waals surface area contributed by atoms with E-state index in [9.17, 15) is 9.59 Å². The van der Waals surface area contributed by atoms with Crippen molar-refractivity contribution in [1.82, 2.24) is 20.0 Å². The number of hydrogen-bond donors (Lipinski definition) is 1. The molecule has 0 radical (unpaired) electrons. The second-order valence-corrected chi connectivity index (χ2v) is 10.4. The number of urea groups is 1. The number of piperazine rings is 1. The monoisotopic (exact) mass is 491 g/mol. The van der Waals surface area contributed by atoms with E-state index in [1.807, 2.05) is 19.9 Å². The number of para-hydroxylation sites is 1. The van der Waals surface area contributed by atoms with Gasteiger partial charge in [-0.05, 0) is 44.0 Å². The first-order valence-corrected chi connectivity index (χ1v) is 13.4. The summed E-state index contributed by atoms with van der Waals surface area (Å²) in [5.41, 5.74) is 1.50. The molecule has 2 saturated heterocycles. The molecule has 5 rings (SSSR count). The molecule has 2 aromatic rings. The second-order valence-electron chi connectivity index (χ2n) is 9.36. The smallest absolute Gasteiger partial charge is 0.325 e. The molecule has 0 spiro atoms. The van der Waals surface area contributed by atoms with Gasteiger partial charge in [0.2, 0.25) is 0 Å². The van der Waals surface area contributed by atoms with Crippen LogP contribution in [-0.2, 0) is 4.79 Å². The first-order valence-electron chi connectivity index (χ1n) is 12.6. The number of amides is 3. The van der Waals surface area contributed by atoms with Gasteiger partial charge >= 0.3 is 6.03 Å². The molecule has 1 N–H and O–H groups in total. The lowest BCUT2D eigenvalue weighted by Gasteiger charge is -2.37. The van der Waals surface area contributed by atoms with E-state index in [0.29, 0.717) is 19.4 Å². The van der Waals surface area contributed by atoms with Crippen molar-refractivity contribution in [3.63, 3.8) is 0 Å². The van der Waals surface area contributed by atoms with Crippen molar-refractivity contribution in [3.05, 3.63) is 54.1 Å². The topological polar surface area (TPSA) is 68.2 Å². The molecule has 35 heavy (non-hydrogen) atoms. The quantitative estimate of drug-likeness (QED) is 0.609. The molecule has 0 atom stereocenters. The average Bonchev–Trinajstić information content (AvgIpc) is 3.03. The van der Waals surface area contributed by atoms with Crippen LogP contribution >= 0.6 is 11.8 Å². The summed E-state index contributed by atoms with van der Waals surface area (Å²) < 4.78 is 0. The van der Waals surface area contributed by atoms with Crippen LogP contribution < -0.4 is 5.32 Å². The van der Waals surface area contributed by atoms with Gasteiger partial charge in [0.1, 0.15) is 11.4 Å². The first-order chi connectivity index (χ1) is 17.0. The summed E-state index contributed by atoms with van der Waals surface area (Å²) in [6.45, 7) is 8.93. The van der Waals surface area contributed by atoms with E-state index < -0.39 is 5.54 Å². The maximum absolute atomic E-state index is 12.8. The molecule has 3 amide bonds.